The summed E-state index contributed by atoms with van der Waals surface area (Å²) in [4.78, 5) is 38.1. The number of carbonyl (C=O) groups is 3. The van der Waals surface area contributed by atoms with Crippen LogP contribution in [0.1, 0.15) is 87.5 Å². The van der Waals surface area contributed by atoms with Gasteiger partial charge in [0.2, 0.25) is 0 Å². The third kappa shape index (κ3) is 5.78. The number of allylic oxidation sites excluding steroid dienone is 5. The maximum Gasteiger partial charge on any atom is 0.313 e. The van der Waals surface area contributed by atoms with Gasteiger partial charge in [0.15, 0.2) is 5.78 Å². The predicted octanol–water partition coefficient (Wildman–Crippen LogP) is 5.98. The number of Topliss-reactive ketones (excluding diaryl/α,β-unsaturated/α-hetero) is 1. The molecule has 7 nitrogen and oxygen atoms in total. The Morgan fingerprint density at radius 3 is 2.27 bits per heavy atom. The Morgan fingerprint density at radius 2 is 1.73 bits per heavy atom. The molecule has 3 aliphatic rings. The van der Waals surface area contributed by atoms with E-state index in [0.717, 1.165) is 16.7 Å². The number of rotatable bonds is 8. The third-order valence-electron chi connectivity index (χ3n) is 10.1. The number of carbonyl (C=O) groups excluding carboxylic acids is 2. The minimum Gasteiger partial charge on any atom is -0.481 e. The second-order valence-electron chi connectivity index (χ2n) is 13.4. The predicted molar refractivity (Wildman–Crippen MR) is 154 cm³/mol. The van der Waals surface area contributed by atoms with Gasteiger partial charge in [0, 0.05) is 31.4 Å². The number of hydrogen-bond donors (Lipinski definition) is 2. The molecule has 0 spiro atoms. The monoisotopic (exact) mass is 556 g/mol. The molecule has 222 valence electrons. The van der Waals surface area contributed by atoms with Gasteiger partial charge in [-0.1, -0.05) is 44.2 Å². The quantitative estimate of drug-likeness (QED) is 0.164. The van der Waals surface area contributed by atoms with Gasteiger partial charge in [-0.3, -0.25) is 14.4 Å². The molecule has 2 N–H and O–H groups in total. The van der Waals surface area contributed by atoms with Crippen molar-refractivity contribution in [2.45, 2.75) is 105 Å². The molecule has 0 aromatic carbocycles. The van der Waals surface area contributed by atoms with Crippen LogP contribution < -0.4 is 0 Å². The molecule has 0 amide bonds. The molecule has 0 radical (unpaired) electrons. The molecule has 40 heavy (non-hydrogen) atoms. The summed E-state index contributed by atoms with van der Waals surface area (Å²) in [6.07, 6.45) is 11.4. The van der Waals surface area contributed by atoms with E-state index in [2.05, 4.69) is 13.8 Å². The Balaban J connectivity index is 1.93. The van der Waals surface area contributed by atoms with Gasteiger partial charge < -0.3 is 19.7 Å². The zero-order valence-corrected chi connectivity index (χ0v) is 25.7. The summed E-state index contributed by atoms with van der Waals surface area (Å²) in [5.74, 6) is -1.45. The number of esters is 1. The molecule has 7 atom stereocenters. The first kappa shape index (κ1) is 32.0. The molecule has 3 fully saturated rings. The Hall–Kier alpha value is -2.51. The summed E-state index contributed by atoms with van der Waals surface area (Å²) in [5, 5.41) is 20.4. The molecule has 0 heterocycles. The van der Waals surface area contributed by atoms with Crippen molar-refractivity contribution < 1.29 is 34.1 Å². The summed E-state index contributed by atoms with van der Waals surface area (Å²) in [5.41, 5.74) is -0.115. The standard InChI is InChI=1S/C33H48O7/c1-20(24(39-9)13-16-30(4,5)38)11-10-12-21(2)28-23(35)19-26-31(6)18-15-27(40-22(3)34)33(8,29(36)37)25(31)14-17-32(26,28)7/h10-13,16,24-27,38H,14-15,17-19H2,1-9H3,(H,36,37)/b12-10+,16-13+,20-11+,28-21+/t24?,25-,26+,27+,31+,32+,33-/m1/s1. The van der Waals surface area contributed by atoms with Crippen molar-refractivity contribution in [3.05, 3.63) is 47.1 Å². The van der Waals surface area contributed by atoms with Crippen LogP contribution in [0.2, 0.25) is 0 Å². The Kier molecular flexibility index (Phi) is 9.12. The largest absolute Gasteiger partial charge is 0.481 e. The topological polar surface area (TPSA) is 110 Å². The van der Waals surface area contributed by atoms with Gasteiger partial charge in [-0.2, -0.15) is 0 Å². The van der Waals surface area contributed by atoms with Crippen molar-refractivity contribution in [1.82, 2.24) is 0 Å². The third-order valence-corrected chi connectivity index (χ3v) is 10.1. The average Bonchev–Trinajstić information content (AvgIpc) is 3.11. The highest BCUT2D eigenvalue weighted by atomic mass is 16.5. The van der Waals surface area contributed by atoms with E-state index in [1.54, 1.807) is 34.0 Å². The molecule has 0 bridgehead atoms. The summed E-state index contributed by atoms with van der Waals surface area (Å²) in [6.45, 7) is 14.7. The molecule has 0 saturated heterocycles. The Labute approximate surface area is 239 Å². The van der Waals surface area contributed by atoms with Crippen LogP contribution in [0.4, 0.5) is 0 Å². The van der Waals surface area contributed by atoms with E-state index < -0.39 is 29.1 Å². The summed E-state index contributed by atoms with van der Waals surface area (Å²) >= 11 is 0. The zero-order valence-electron chi connectivity index (χ0n) is 25.7. The van der Waals surface area contributed by atoms with Gasteiger partial charge in [-0.05, 0) is 88.7 Å². The second-order valence-corrected chi connectivity index (χ2v) is 13.4. The molecule has 3 aliphatic carbocycles. The number of ether oxygens (including phenoxy) is 2. The Morgan fingerprint density at radius 1 is 1.07 bits per heavy atom. The fourth-order valence-electron chi connectivity index (χ4n) is 8.18. The SMILES string of the molecule is COC(/C=C/C(C)(C)O)/C(C)=C/C=C/C(C)=C1\C(=O)C[C@H]2[C@@]3(C)CC[C@H](OC(C)=O)[C@](C)(C(=O)O)[C@@H]3CC[C@]12C. The van der Waals surface area contributed by atoms with E-state index in [4.69, 9.17) is 9.47 Å². The average molecular weight is 557 g/mol. The van der Waals surface area contributed by atoms with Gasteiger partial charge >= 0.3 is 11.9 Å². The number of carboxylic acids is 1. The van der Waals surface area contributed by atoms with Crippen molar-refractivity contribution in [1.29, 1.82) is 0 Å². The van der Waals surface area contributed by atoms with Gasteiger partial charge in [0.25, 0.3) is 0 Å². The summed E-state index contributed by atoms with van der Waals surface area (Å²) in [7, 11) is 1.62. The lowest BCUT2D eigenvalue weighted by Crippen LogP contribution is -2.61. The molecule has 0 aromatic rings. The minimum absolute atomic E-state index is 0.0173. The second kappa shape index (κ2) is 11.4. The number of aliphatic hydroxyl groups is 1. The van der Waals surface area contributed by atoms with Crippen LogP contribution in [0.3, 0.4) is 0 Å². The maximum atomic E-state index is 13.6. The Bertz CT molecular complexity index is 1150. The lowest BCUT2D eigenvalue weighted by molar-refractivity contribution is -0.204. The van der Waals surface area contributed by atoms with Crippen LogP contribution in [0, 0.1) is 28.1 Å². The molecular formula is C33H48O7. The highest BCUT2D eigenvalue weighted by molar-refractivity contribution is 6.01. The van der Waals surface area contributed by atoms with Gasteiger partial charge in [0.05, 0.1) is 11.7 Å². The maximum absolute atomic E-state index is 13.6. The summed E-state index contributed by atoms with van der Waals surface area (Å²) in [6, 6.07) is 0. The van der Waals surface area contributed by atoms with Crippen LogP contribution in [0.5, 0.6) is 0 Å². The zero-order chi connectivity index (χ0) is 30.3. The molecule has 0 aromatic heterocycles. The van der Waals surface area contributed by atoms with Crippen molar-refractivity contribution in [2.24, 2.45) is 28.1 Å². The van der Waals surface area contributed by atoms with Crippen LogP contribution in [0.15, 0.2) is 47.1 Å². The van der Waals surface area contributed by atoms with Gasteiger partial charge in [-0.25, -0.2) is 0 Å². The first-order chi connectivity index (χ1) is 18.4. The number of hydrogen-bond acceptors (Lipinski definition) is 6. The normalized spacial score (nSPS) is 36.9. The van der Waals surface area contributed by atoms with E-state index in [9.17, 15) is 24.6 Å². The number of aliphatic carboxylic acids is 1. The lowest BCUT2D eigenvalue weighted by Gasteiger charge is -2.61. The first-order valence-electron chi connectivity index (χ1n) is 14.4. The fourth-order valence-corrected chi connectivity index (χ4v) is 8.18. The molecule has 0 aliphatic heterocycles. The minimum atomic E-state index is -1.20. The number of fused-ring (bicyclic) bond motifs is 3. The van der Waals surface area contributed by atoms with E-state index in [0.29, 0.717) is 32.1 Å². The van der Waals surface area contributed by atoms with Crippen LogP contribution >= 0.6 is 0 Å². The smallest absolute Gasteiger partial charge is 0.313 e. The van der Waals surface area contributed by atoms with E-state index in [1.165, 1.54) is 6.92 Å². The van der Waals surface area contributed by atoms with Crippen molar-refractivity contribution in [3.63, 3.8) is 0 Å². The van der Waals surface area contributed by atoms with Crippen molar-refractivity contribution >= 4 is 17.7 Å². The molecule has 3 saturated carbocycles. The molecule has 7 heteroatoms. The fraction of sp³-hybridized carbons (Fsp3) is 0.667. The van der Waals surface area contributed by atoms with Crippen LogP contribution in [-0.2, 0) is 23.9 Å². The molecule has 3 rings (SSSR count). The first-order valence-corrected chi connectivity index (χ1v) is 14.4. The number of methoxy groups -OCH3 is 1. The van der Waals surface area contributed by atoms with Crippen molar-refractivity contribution in [3.8, 4) is 0 Å². The van der Waals surface area contributed by atoms with E-state index in [1.807, 2.05) is 38.2 Å². The highest BCUT2D eigenvalue weighted by Crippen LogP contribution is 2.69. The molecule has 1 unspecified atom stereocenters. The number of carboxylic acid groups (broad SMARTS) is 1. The van der Waals surface area contributed by atoms with Crippen LogP contribution in [-0.4, -0.2) is 52.9 Å². The van der Waals surface area contributed by atoms with E-state index in [-0.39, 0.29) is 34.6 Å². The van der Waals surface area contributed by atoms with Gasteiger partial charge in [-0.15, -0.1) is 0 Å². The highest BCUT2D eigenvalue weighted by Gasteiger charge is 2.68. The molecular weight excluding hydrogens is 508 g/mol. The summed E-state index contributed by atoms with van der Waals surface area (Å²) < 4.78 is 11.1. The van der Waals surface area contributed by atoms with Crippen molar-refractivity contribution in [2.75, 3.05) is 7.11 Å². The number of ketones is 1. The van der Waals surface area contributed by atoms with Gasteiger partial charge in [0.1, 0.15) is 11.5 Å². The van der Waals surface area contributed by atoms with E-state index >= 15 is 0 Å². The lowest BCUT2D eigenvalue weighted by atomic mass is 9.42. The van der Waals surface area contributed by atoms with Crippen LogP contribution in [0.25, 0.3) is 0 Å².